The summed E-state index contributed by atoms with van der Waals surface area (Å²) in [5.74, 6) is -8.20. The Morgan fingerprint density at radius 1 is 0.718 bits per heavy atom. The van der Waals surface area contributed by atoms with Gasteiger partial charge in [-0.2, -0.15) is 0 Å². The summed E-state index contributed by atoms with van der Waals surface area (Å²) >= 11 is 0. The normalized spacial score (nSPS) is 16.5. The summed E-state index contributed by atoms with van der Waals surface area (Å²) in [7, 11) is 5.34. The summed E-state index contributed by atoms with van der Waals surface area (Å²) in [4.78, 5) is 122. The number of nitrogens with zero attached hydrogens (tertiary/aromatic N) is 3. The molecule has 0 spiro atoms. The molecule has 21 heteroatoms. The van der Waals surface area contributed by atoms with Crippen LogP contribution in [0.4, 0.5) is 0 Å². The first-order chi connectivity index (χ1) is 33.7. The number of amides is 8. The quantitative estimate of drug-likeness (QED) is 0.0366. The van der Waals surface area contributed by atoms with Gasteiger partial charge in [0.1, 0.15) is 35.7 Å². The molecule has 1 aliphatic rings. The number of hydrogen-bond acceptors (Lipinski definition) is 13. The Labute approximate surface area is 416 Å². The van der Waals surface area contributed by atoms with Crippen molar-refractivity contribution >= 4 is 53.0 Å². The van der Waals surface area contributed by atoms with Crippen LogP contribution >= 0.6 is 0 Å². The van der Waals surface area contributed by atoms with E-state index in [-0.39, 0.29) is 46.9 Å². The number of rotatable bonds is 26. The highest BCUT2D eigenvalue weighted by molar-refractivity contribution is 6.37. The zero-order valence-electron chi connectivity index (χ0n) is 42.0. The molecule has 5 atom stereocenters. The number of ketones is 1. The van der Waals surface area contributed by atoms with Crippen molar-refractivity contribution < 1.29 is 58.5 Å². The molecule has 0 radical (unpaired) electrons. The van der Waals surface area contributed by atoms with Crippen molar-refractivity contribution in [2.24, 2.45) is 5.73 Å². The van der Waals surface area contributed by atoms with Crippen molar-refractivity contribution in [2.75, 3.05) is 47.9 Å². The first-order valence-electron chi connectivity index (χ1n) is 24.5. The number of carbonyl (C=O) groups excluding carboxylic acids is 9. The molecular formula is C50H75N9O12. The number of fused-ring (bicyclic) bond motifs is 5. The van der Waals surface area contributed by atoms with Crippen LogP contribution in [0.2, 0.25) is 0 Å². The Kier molecular flexibility index (Phi) is 24.4. The van der Waals surface area contributed by atoms with Crippen LogP contribution in [0.1, 0.15) is 121 Å². The van der Waals surface area contributed by atoms with E-state index in [0.717, 1.165) is 40.4 Å². The average Bonchev–Trinajstić information content (AvgIpc) is 3.33. The minimum Gasteiger partial charge on any atom is -0.507 e. The smallest absolute Gasteiger partial charge is 0.291 e. The molecule has 0 saturated heterocycles. The first-order valence-corrected chi connectivity index (χ1v) is 24.5. The number of aliphatic hydroxyl groups excluding tert-OH is 1. The second kappa shape index (κ2) is 29.5. The highest BCUT2D eigenvalue weighted by Crippen LogP contribution is 2.38. The van der Waals surface area contributed by atoms with E-state index in [2.05, 4.69) is 33.5 Å². The zero-order valence-corrected chi connectivity index (χ0v) is 42.0. The lowest BCUT2D eigenvalue weighted by Crippen LogP contribution is -2.59. The molecule has 0 saturated carbocycles. The van der Waals surface area contributed by atoms with Gasteiger partial charge in [-0.3, -0.25) is 43.2 Å². The summed E-state index contributed by atoms with van der Waals surface area (Å²) in [6.45, 7) is 1.34. The van der Waals surface area contributed by atoms with Crippen LogP contribution < -0.4 is 32.3 Å². The Morgan fingerprint density at radius 3 is 1.86 bits per heavy atom. The third kappa shape index (κ3) is 18.3. The van der Waals surface area contributed by atoms with Crippen molar-refractivity contribution in [1.29, 1.82) is 0 Å². The summed E-state index contributed by atoms with van der Waals surface area (Å²) in [5, 5.41) is 44.0. The Bertz CT molecular complexity index is 2190. The number of phenolic OH excluding ortho intramolecular Hbond substituents is 2. The Morgan fingerprint density at radius 2 is 1.28 bits per heavy atom. The summed E-state index contributed by atoms with van der Waals surface area (Å²) < 4.78 is 0. The molecule has 10 N–H and O–H groups in total. The molecule has 1 heterocycles. The van der Waals surface area contributed by atoms with Crippen LogP contribution in [0.3, 0.4) is 0 Å². The van der Waals surface area contributed by atoms with Crippen LogP contribution in [-0.4, -0.2) is 155 Å². The lowest BCUT2D eigenvalue weighted by atomic mass is 9.93. The van der Waals surface area contributed by atoms with Gasteiger partial charge in [-0.1, -0.05) is 96.1 Å². The van der Waals surface area contributed by atoms with Crippen molar-refractivity contribution in [2.45, 2.75) is 140 Å². The highest BCUT2D eigenvalue weighted by atomic mass is 16.3. The summed E-state index contributed by atoms with van der Waals surface area (Å²) in [5.41, 5.74) is 6.53. The molecule has 1 aliphatic heterocycles. The second-order valence-electron chi connectivity index (χ2n) is 18.3. The van der Waals surface area contributed by atoms with E-state index in [1.165, 1.54) is 123 Å². The van der Waals surface area contributed by atoms with Crippen LogP contribution in [0.15, 0.2) is 36.4 Å². The van der Waals surface area contributed by atoms with Crippen molar-refractivity contribution in [3.05, 3.63) is 47.5 Å². The number of unbranched alkanes of at least 4 members (excludes halogenated alkanes) is 12. The van der Waals surface area contributed by atoms with Gasteiger partial charge in [-0.25, -0.2) is 0 Å². The minimum absolute atomic E-state index is 0.0200. The van der Waals surface area contributed by atoms with Gasteiger partial charge >= 0.3 is 0 Å². The van der Waals surface area contributed by atoms with Crippen molar-refractivity contribution in [1.82, 2.24) is 41.3 Å². The number of nitrogens with two attached hydrogens (primary N) is 1. The summed E-state index contributed by atoms with van der Waals surface area (Å²) in [6, 6.07) is 2.51. The molecule has 0 aromatic heterocycles. The summed E-state index contributed by atoms with van der Waals surface area (Å²) in [6.07, 6.45) is 13.1. The third-order valence-corrected chi connectivity index (χ3v) is 12.4. The van der Waals surface area contributed by atoms with E-state index in [0.29, 0.717) is 12.0 Å². The van der Waals surface area contributed by atoms with Gasteiger partial charge in [0, 0.05) is 52.2 Å². The van der Waals surface area contributed by atoms with Gasteiger partial charge in [0.15, 0.2) is 6.17 Å². The predicted molar refractivity (Wildman–Crippen MR) is 264 cm³/mol. The van der Waals surface area contributed by atoms with Crippen LogP contribution in [0.5, 0.6) is 11.5 Å². The predicted octanol–water partition coefficient (Wildman–Crippen LogP) is 1.40. The Balaban J connectivity index is 1.67. The molecule has 2 aromatic carbocycles. The molecule has 4 bridgehead atoms. The second-order valence-corrected chi connectivity index (χ2v) is 18.3. The lowest BCUT2D eigenvalue weighted by Gasteiger charge is -2.30. The highest BCUT2D eigenvalue weighted by Gasteiger charge is 2.34. The van der Waals surface area contributed by atoms with Crippen LogP contribution in [0.25, 0.3) is 11.1 Å². The largest absolute Gasteiger partial charge is 0.507 e. The minimum atomic E-state index is -1.73. The molecule has 3 rings (SSSR count). The van der Waals surface area contributed by atoms with Gasteiger partial charge in [0.05, 0.1) is 19.7 Å². The fraction of sp³-hybridized carbons (Fsp3) is 0.580. The number of hydrogen-bond donors (Lipinski definition) is 9. The van der Waals surface area contributed by atoms with Crippen LogP contribution in [-0.2, 0) is 49.6 Å². The number of benzene rings is 2. The number of phenols is 2. The number of likely N-dealkylation sites (N-methyl/N-ethyl adjacent to an activating group) is 3. The van der Waals surface area contributed by atoms with Crippen molar-refractivity contribution in [3.8, 4) is 22.6 Å². The maximum Gasteiger partial charge on any atom is 0.291 e. The molecule has 0 fully saturated rings. The van der Waals surface area contributed by atoms with Gasteiger partial charge in [-0.15, -0.1) is 0 Å². The fourth-order valence-corrected chi connectivity index (χ4v) is 8.01. The molecule has 392 valence electrons. The van der Waals surface area contributed by atoms with E-state index < -0.39 is 97.2 Å². The van der Waals surface area contributed by atoms with E-state index in [9.17, 15) is 58.5 Å². The average molecular weight is 994 g/mol. The number of nitrogens with one attached hydrogen (secondary N) is 5. The third-order valence-electron chi connectivity index (χ3n) is 12.4. The zero-order chi connectivity index (χ0) is 52.8. The maximum atomic E-state index is 14.1. The number of carbonyl (C=O) groups is 9. The number of aliphatic hydroxyl groups is 1. The topological polar surface area (TPSA) is 310 Å². The van der Waals surface area contributed by atoms with E-state index in [4.69, 9.17) is 5.73 Å². The SMILES string of the molecule is CCCCCCCCCCCCCCCC(=O)N(C)C(CO)C(=O)N[C@H](N)C(=O)NCC(=O)N(C)[C@@H]1C(=O)N[C@@H](C)C(=O)NC(C(=O)NCC(=O)C(=O)N(C)C)Cc2ccc(O)c(c2)-c2cc1ccc2O. The molecule has 21 nitrogen and oxygen atoms in total. The van der Waals surface area contributed by atoms with Gasteiger partial charge in [0.2, 0.25) is 41.2 Å². The first kappa shape index (κ1) is 58.7. The van der Waals surface area contributed by atoms with E-state index in [1.54, 1.807) is 0 Å². The van der Waals surface area contributed by atoms with Crippen molar-refractivity contribution in [3.63, 3.8) is 0 Å². The standard InChI is InChI=1S/C50H75N9O12/c1-7-8-9-10-11-12-13-14-15-16-17-18-19-20-41(64)58(5)37(30-60)47(68)56-44(51)49(70)53-29-42(65)59(6)43-33-22-24-39(62)35(27-33)34-25-32(21-23-38(34)61)26-36(55-45(66)31(2)54-48(43)69)46(67)52-28-40(63)50(71)57(3)4/h21-25,27,31,36-37,43-44,60-62H,7-20,26,28-30,51H2,1-6H3,(H,52,67)(H,53,70)(H,54,69)(H,55,66)(H,56,68)/t31-,36?,37?,43-,44-/m0/s1. The lowest BCUT2D eigenvalue weighted by molar-refractivity contribution is -0.143. The molecule has 2 unspecified atom stereocenters. The molecule has 0 aliphatic carbocycles. The number of aromatic hydroxyl groups is 2. The van der Waals surface area contributed by atoms with Gasteiger partial charge in [-0.05, 0) is 48.7 Å². The van der Waals surface area contributed by atoms with Gasteiger partial charge < -0.3 is 62.3 Å². The fourth-order valence-electron chi connectivity index (χ4n) is 8.01. The molecule has 2 aromatic rings. The molecule has 71 heavy (non-hydrogen) atoms. The Hall–Kier alpha value is -6.61. The van der Waals surface area contributed by atoms with Crippen LogP contribution in [0, 0.1) is 0 Å². The number of Topliss-reactive ketones (excluding diaryl/α,β-unsaturated/α-hetero) is 1. The monoisotopic (exact) mass is 994 g/mol. The molecule has 8 amide bonds. The van der Waals surface area contributed by atoms with E-state index in [1.807, 2.05) is 0 Å². The molecular weight excluding hydrogens is 919 g/mol. The van der Waals surface area contributed by atoms with E-state index >= 15 is 0 Å². The maximum absolute atomic E-state index is 14.1. The van der Waals surface area contributed by atoms with Gasteiger partial charge in [0.25, 0.3) is 11.8 Å².